The summed E-state index contributed by atoms with van der Waals surface area (Å²) in [5, 5.41) is 7.42. The maximum absolute atomic E-state index is 12.2. The van der Waals surface area contributed by atoms with Crippen LogP contribution in [0.3, 0.4) is 0 Å². The molecule has 0 saturated carbocycles. The molecule has 1 amide bonds. The molecular weight excluding hydrogens is 502 g/mol. The number of amides is 1. The standard InChI is InChI=1S/C29H28ClN5OS/c1-18(2)28(36)32-22-14-13-20(17-21(22)30)35-27(26(33-29(35)37)23-10-6-7-15-31-23)25-12-8-16-34(25)24-11-5-4-9-19(24)3/h4-18,26-27H,1-3H3,(H,32,36)(H,33,37)/t26-,27+/m1/s1. The van der Waals surface area contributed by atoms with Crippen molar-refractivity contribution in [3.05, 3.63) is 107 Å². The first-order chi connectivity index (χ1) is 17.8. The van der Waals surface area contributed by atoms with Gasteiger partial charge in [0.1, 0.15) is 6.04 Å². The molecule has 1 aliphatic heterocycles. The highest BCUT2D eigenvalue weighted by atomic mass is 35.5. The van der Waals surface area contributed by atoms with E-state index >= 15 is 0 Å². The van der Waals surface area contributed by atoms with Gasteiger partial charge >= 0.3 is 0 Å². The maximum atomic E-state index is 12.2. The van der Waals surface area contributed by atoms with Gasteiger partial charge in [-0.2, -0.15) is 0 Å². The third-order valence-electron chi connectivity index (χ3n) is 6.57. The lowest BCUT2D eigenvalue weighted by Gasteiger charge is -2.29. The average molecular weight is 530 g/mol. The van der Waals surface area contributed by atoms with Gasteiger partial charge < -0.3 is 20.1 Å². The van der Waals surface area contributed by atoms with Crippen LogP contribution in [0.15, 0.2) is 85.2 Å². The van der Waals surface area contributed by atoms with E-state index in [1.165, 1.54) is 5.56 Å². The molecule has 5 rings (SSSR count). The molecule has 0 bridgehead atoms. The van der Waals surface area contributed by atoms with E-state index in [1.807, 2.05) is 68.4 Å². The lowest BCUT2D eigenvalue weighted by Crippen LogP contribution is -2.30. The summed E-state index contributed by atoms with van der Waals surface area (Å²) >= 11 is 12.5. The van der Waals surface area contributed by atoms with Crippen LogP contribution in [0, 0.1) is 12.8 Å². The van der Waals surface area contributed by atoms with Crippen molar-refractivity contribution < 1.29 is 4.79 Å². The van der Waals surface area contributed by atoms with Crippen molar-refractivity contribution in [3.63, 3.8) is 0 Å². The zero-order valence-electron chi connectivity index (χ0n) is 20.9. The minimum Gasteiger partial charge on any atom is -0.351 e. The largest absolute Gasteiger partial charge is 0.351 e. The number of hydrogen-bond donors (Lipinski definition) is 2. The number of rotatable bonds is 6. The highest BCUT2D eigenvalue weighted by Gasteiger charge is 2.42. The van der Waals surface area contributed by atoms with Crippen LogP contribution in [0.4, 0.5) is 11.4 Å². The van der Waals surface area contributed by atoms with Crippen molar-refractivity contribution in [2.45, 2.75) is 32.9 Å². The summed E-state index contributed by atoms with van der Waals surface area (Å²) in [4.78, 5) is 19.0. The van der Waals surface area contributed by atoms with Crippen LogP contribution in [-0.4, -0.2) is 20.6 Å². The lowest BCUT2D eigenvalue weighted by molar-refractivity contribution is -0.118. The van der Waals surface area contributed by atoms with Crippen LogP contribution >= 0.6 is 23.8 Å². The molecule has 8 heteroatoms. The van der Waals surface area contributed by atoms with E-state index in [0.29, 0.717) is 15.8 Å². The Bertz CT molecular complexity index is 1450. The number of para-hydroxylation sites is 1. The number of aromatic nitrogens is 2. The average Bonchev–Trinajstić information content (AvgIpc) is 3.50. The molecule has 1 fully saturated rings. The van der Waals surface area contributed by atoms with Crippen LogP contribution < -0.4 is 15.5 Å². The fraction of sp³-hybridized carbons (Fsp3) is 0.207. The Kier molecular flexibility index (Phi) is 7.00. The molecule has 2 N–H and O–H groups in total. The smallest absolute Gasteiger partial charge is 0.226 e. The Morgan fingerprint density at radius 3 is 2.57 bits per heavy atom. The highest BCUT2D eigenvalue weighted by molar-refractivity contribution is 7.80. The van der Waals surface area contributed by atoms with Crippen LogP contribution in [0.25, 0.3) is 5.69 Å². The third kappa shape index (κ3) is 4.84. The first-order valence-electron chi connectivity index (χ1n) is 12.2. The summed E-state index contributed by atoms with van der Waals surface area (Å²) < 4.78 is 2.21. The quantitative estimate of drug-likeness (QED) is 0.275. The summed E-state index contributed by atoms with van der Waals surface area (Å²) in [7, 11) is 0. The fourth-order valence-corrected chi connectivity index (χ4v) is 5.22. The number of aryl methyl sites for hydroxylation is 1. The van der Waals surface area contributed by atoms with Crippen LogP contribution in [0.5, 0.6) is 0 Å². The van der Waals surface area contributed by atoms with E-state index in [4.69, 9.17) is 23.8 Å². The van der Waals surface area contributed by atoms with Gasteiger partial charge in [0.15, 0.2) is 5.11 Å². The van der Waals surface area contributed by atoms with Gasteiger partial charge in [-0.1, -0.05) is 49.7 Å². The van der Waals surface area contributed by atoms with Gasteiger partial charge in [0.25, 0.3) is 0 Å². The normalized spacial score (nSPS) is 17.2. The summed E-state index contributed by atoms with van der Waals surface area (Å²) in [6, 6.07) is 23.6. The number of thiocarbonyl (C=S) groups is 1. The fourth-order valence-electron chi connectivity index (χ4n) is 4.65. The second kappa shape index (κ2) is 10.4. The number of carbonyl (C=O) groups is 1. The van der Waals surface area contributed by atoms with Crippen molar-refractivity contribution in [1.82, 2.24) is 14.9 Å². The molecule has 0 spiro atoms. The van der Waals surface area contributed by atoms with E-state index in [1.54, 1.807) is 6.20 Å². The molecule has 0 radical (unpaired) electrons. The van der Waals surface area contributed by atoms with Crippen LogP contribution in [0.1, 0.15) is 42.9 Å². The van der Waals surface area contributed by atoms with E-state index < -0.39 is 0 Å². The van der Waals surface area contributed by atoms with Crippen LogP contribution in [0.2, 0.25) is 5.02 Å². The number of benzene rings is 2. The SMILES string of the molecule is Cc1ccccc1-n1cccc1[C@H]1[C@@H](c2ccccn2)NC(=S)N1c1ccc(NC(=O)C(C)C)c(Cl)c1. The van der Waals surface area contributed by atoms with Crippen molar-refractivity contribution in [1.29, 1.82) is 0 Å². The van der Waals surface area contributed by atoms with Gasteiger partial charge in [0, 0.05) is 35.4 Å². The molecule has 2 aromatic carbocycles. The second-order valence-electron chi connectivity index (χ2n) is 9.39. The van der Waals surface area contributed by atoms with Crippen molar-refractivity contribution >= 4 is 46.2 Å². The molecule has 2 aromatic heterocycles. The minimum atomic E-state index is -0.204. The molecule has 1 aliphatic rings. The predicted molar refractivity (Wildman–Crippen MR) is 153 cm³/mol. The van der Waals surface area contributed by atoms with Gasteiger partial charge in [-0.3, -0.25) is 9.78 Å². The summed E-state index contributed by atoms with van der Waals surface area (Å²) in [5.74, 6) is -0.235. The van der Waals surface area contributed by atoms with E-state index in [2.05, 4.69) is 56.4 Å². The summed E-state index contributed by atoms with van der Waals surface area (Å²) in [5.41, 5.74) is 5.62. The molecule has 6 nitrogen and oxygen atoms in total. The summed E-state index contributed by atoms with van der Waals surface area (Å²) in [6.45, 7) is 5.80. The first-order valence-corrected chi connectivity index (χ1v) is 13.0. The van der Waals surface area contributed by atoms with Crippen molar-refractivity contribution in [2.24, 2.45) is 5.92 Å². The molecule has 0 unspecified atom stereocenters. The number of halogens is 1. The molecular formula is C29H28ClN5OS. The summed E-state index contributed by atoms with van der Waals surface area (Å²) in [6.07, 6.45) is 3.87. The van der Waals surface area contributed by atoms with Gasteiger partial charge in [0.05, 0.1) is 22.4 Å². The monoisotopic (exact) mass is 529 g/mol. The number of carbonyl (C=O) groups excluding carboxylic acids is 1. The predicted octanol–water partition coefficient (Wildman–Crippen LogP) is 6.61. The topological polar surface area (TPSA) is 62.2 Å². The molecule has 37 heavy (non-hydrogen) atoms. The Morgan fingerprint density at radius 1 is 1.08 bits per heavy atom. The zero-order valence-corrected chi connectivity index (χ0v) is 22.4. The molecule has 3 heterocycles. The zero-order chi connectivity index (χ0) is 26.1. The second-order valence-corrected chi connectivity index (χ2v) is 10.2. The number of nitrogens with one attached hydrogen (secondary N) is 2. The number of anilines is 2. The Labute approximate surface area is 227 Å². The first kappa shape index (κ1) is 25.0. The molecule has 0 aliphatic carbocycles. The molecule has 188 valence electrons. The van der Waals surface area contributed by atoms with Gasteiger partial charge in [-0.05, 0) is 73.2 Å². The van der Waals surface area contributed by atoms with Gasteiger partial charge in [-0.25, -0.2) is 0 Å². The molecule has 1 saturated heterocycles. The van der Waals surface area contributed by atoms with Crippen LogP contribution in [-0.2, 0) is 4.79 Å². The Morgan fingerprint density at radius 2 is 1.86 bits per heavy atom. The molecule has 4 aromatic rings. The minimum absolute atomic E-state index is 0.0860. The highest BCUT2D eigenvalue weighted by Crippen LogP contribution is 2.43. The third-order valence-corrected chi connectivity index (χ3v) is 7.20. The lowest BCUT2D eigenvalue weighted by atomic mass is 10.0. The van der Waals surface area contributed by atoms with Crippen molar-refractivity contribution in [3.8, 4) is 5.69 Å². The molecule has 2 atom stereocenters. The number of hydrogen-bond acceptors (Lipinski definition) is 3. The van der Waals surface area contributed by atoms with Gasteiger partial charge in [-0.15, -0.1) is 0 Å². The van der Waals surface area contributed by atoms with E-state index in [-0.39, 0.29) is 23.9 Å². The van der Waals surface area contributed by atoms with Crippen molar-refractivity contribution in [2.75, 3.05) is 10.2 Å². The number of pyridine rings is 1. The van der Waals surface area contributed by atoms with E-state index in [0.717, 1.165) is 22.8 Å². The Balaban J connectivity index is 1.61. The maximum Gasteiger partial charge on any atom is 0.226 e. The number of nitrogens with zero attached hydrogens (tertiary/aromatic N) is 3. The van der Waals surface area contributed by atoms with Gasteiger partial charge in [0.2, 0.25) is 5.91 Å². The van der Waals surface area contributed by atoms with E-state index in [9.17, 15) is 4.79 Å². The Hall–Kier alpha value is -3.68.